The number of nitrogens with two attached hydrogens (primary N) is 1. The van der Waals surface area contributed by atoms with E-state index in [2.05, 4.69) is 15.9 Å². The molecule has 112 valence electrons. The number of nitrogen functional groups attached to an aromatic ring is 1. The maximum atomic E-state index is 12.7. The lowest BCUT2D eigenvalue weighted by atomic mass is 10.1. The third kappa shape index (κ3) is 4.30. The van der Waals surface area contributed by atoms with Crippen molar-refractivity contribution in [2.24, 2.45) is 0 Å². The molecule has 0 fully saturated rings. The van der Waals surface area contributed by atoms with E-state index in [1.807, 2.05) is 23.6 Å². The van der Waals surface area contributed by atoms with Crippen LogP contribution in [0.15, 0.2) is 40.2 Å². The monoisotopic (exact) mass is 368 g/mol. The van der Waals surface area contributed by atoms with Crippen LogP contribution in [-0.2, 0) is 11.3 Å². The zero-order valence-electron chi connectivity index (χ0n) is 11.7. The SMILES string of the molecule is COCCN(Cc1cccs1)C(=O)c1ccc(Br)cc1N. The molecule has 0 radical (unpaired) electrons. The van der Waals surface area contributed by atoms with Crippen molar-refractivity contribution in [3.8, 4) is 0 Å². The van der Waals surface area contributed by atoms with Gasteiger partial charge in [-0.15, -0.1) is 11.3 Å². The van der Waals surface area contributed by atoms with Gasteiger partial charge in [-0.2, -0.15) is 0 Å². The van der Waals surface area contributed by atoms with Gasteiger partial charge in [-0.05, 0) is 29.6 Å². The number of carbonyl (C=O) groups excluding carboxylic acids is 1. The number of methoxy groups -OCH3 is 1. The number of carbonyl (C=O) groups is 1. The predicted octanol–water partition coefficient (Wildman–Crippen LogP) is 3.38. The van der Waals surface area contributed by atoms with Crippen LogP contribution in [0.5, 0.6) is 0 Å². The van der Waals surface area contributed by atoms with Crippen LogP contribution < -0.4 is 5.73 Å². The molecule has 2 rings (SSSR count). The van der Waals surface area contributed by atoms with Gasteiger partial charge in [-0.25, -0.2) is 0 Å². The molecule has 0 atom stereocenters. The third-order valence-electron chi connectivity index (χ3n) is 3.02. The van der Waals surface area contributed by atoms with Crippen molar-refractivity contribution in [2.75, 3.05) is 26.0 Å². The number of amides is 1. The normalized spacial score (nSPS) is 10.6. The molecule has 2 N–H and O–H groups in total. The second kappa shape index (κ2) is 7.59. The fourth-order valence-electron chi connectivity index (χ4n) is 1.94. The van der Waals surface area contributed by atoms with Gasteiger partial charge in [-0.1, -0.05) is 22.0 Å². The molecular weight excluding hydrogens is 352 g/mol. The first kappa shape index (κ1) is 16.0. The summed E-state index contributed by atoms with van der Waals surface area (Å²) in [6.45, 7) is 1.59. The van der Waals surface area contributed by atoms with Gasteiger partial charge in [0.2, 0.25) is 0 Å². The molecule has 21 heavy (non-hydrogen) atoms. The molecule has 1 amide bonds. The van der Waals surface area contributed by atoms with Gasteiger partial charge in [0.05, 0.1) is 18.7 Å². The van der Waals surface area contributed by atoms with E-state index in [1.54, 1.807) is 35.5 Å². The summed E-state index contributed by atoms with van der Waals surface area (Å²) in [5.41, 5.74) is 6.95. The lowest BCUT2D eigenvalue weighted by molar-refractivity contribution is 0.0683. The molecule has 1 aromatic carbocycles. The summed E-state index contributed by atoms with van der Waals surface area (Å²) in [5, 5.41) is 2.00. The Morgan fingerprint density at radius 2 is 2.24 bits per heavy atom. The Morgan fingerprint density at radius 3 is 2.86 bits per heavy atom. The van der Waals surface area contributed by atoms with Crippen molar-refractivity contribution in [3.63, 3.8) is 0 Å². The number of thiophene rings is 1. The average Bonchev–Trinajstić information content (AvgIpc) is 2.95. The molecular formula is C15H17BrN2O2S. The van der Waals surface area contributed by atoms with Crippen LogP contribution in [0.3, 0.4) is 0 Å². The van der Waals surface area contributed by atoms with Gasteiger partial charge in [0.1, 0.15) is 0 Å². The third-order valence-corrected chi connectivity index (χ3v) is 4.38. The first-order valence-electron chi connectivity index (χ1n) is 6.47. The Morgan fingerprint density at radius 1 is 1.43 bits per heavy atom. The van der Waals surface area contributed by atoms with Gasteiger partial charge in [0, 0.05) is 28.7 Å². The number of hydrogen-bond donors (Lipinski definition) is 1. The van der Waals surface area contributed by atoms with Crippen LogP contribution >= 0.6 is 27.3 Å². The highest BCUT2D eigenvalue weighted by molar-refractivity contribution is 9.10. The van der Waals surface area contributed by atoms with E-state index in [0.29, 0.717) is 30.9 Å². The zero-order valence-corrected chi connectivity index (χ0v) is 14.1. The first-order chi connectivity index (χ1) is 10.1. The van der Waals surface area contributed by atoms with Crippen LogP contribution in [-0.4, -0.2) is 31.1 Å². The second-order valence-corrected chi connectivity index (χ2v) is 6.48. The van der Waals surface area contributed by atoms with Crippen molar-refractivity contribution in [1.82, 2.24) is 4.90 Å². The van der Waals surface area contributed by atoms with E-state index in [-0.39, 0.29) is 5.91 Å². The fraction of sp³-hybridized carbons (Fsp3) is 0.267. The quantitative estimate of drug-likeness (QED) is 0.795. The van der Waals surface area contributed by atoms with Crippen molar-refractivity contribution >= 4 is 38.9 Å². The second-order valence-electron chi connectivity index (χ2n) is 4.53. The molecule has 0 aliphatic carbocycles. The number of ether oxygens (including phenoxy) is 1. The summed E-state index contributed by atoms with van der Waals surface area (Å²) in [6.07, 6.45) is 0. The lowest BCUT2D eigenvalue weighted by Crippen LogP contribution is -2.33. The molecule has 0 bridgehead atoms. The molecule has 4 nitrogen and oxygen atoms in total. The number of nitrogens with zero attached hydrogens (tertiary/aromatic N) is 1. The van der Waals surface area contributed by atoms with E-state index in [4.69, 9.17) is 10.5 Å². The predicted molar refractivity (Wildman–Crippen MR) is 89.5 cm³/mol. The van der Waals surface area contributed by atoms with E-state index >= 15 is 0 Å². The molecule has 0 saturated carbocycles. The van der Waals surface area contributed by atoms with Crippen molar-refractivity contribution < 1.29 is 9.53 Å². The Labute approximate surface area is 136 Å². The Balaban J connectivity index is 2.20. The Bertz CT molecular complexity index is 602. The highest BCUT2D eigenvalue weighted by atomic mass is 79.9. The van der Waals surface area contributed by atoms with E-state index < -0.39 is 0 Å². The molecule has 6 heteroatoms. The highest BCUT2D eigenvalue weighted by Crippen LogP contribution is 2.21. The number of benzene rings is 1. The van der Waals surface area contributed by atoms with Crippen molar-refractivity contribution in [2.45, 2.75) is 6.54 Å². The number of hydrogen-bond acceptors (Lipinski definition) is 4. The van der Waals surface area contributed by atoms with Crippen molar-refractivity contribution in [1.29, 1.82) is 0 Å². The largest absolute Gasteiger partial charge is 0.398 e. The number of halogens is 1. The van der Waals surface area contributed by atoms with Gasteiger partial charge >= 0.3 is 0 Å². The van der Waals surface area contributed by atoms with Gasteiger partial charge in [0.15, 0.2) is 0 Å². The topological polar surface area (TPSA) is 55.6 Å². The summed E-state index contributed by atoms with van der Waals surface area (Å²) in [7, 11) is 1.63. The summed E-state index contributed by atoms with van der Waals surface area (Å²) in [4.78, 5) is 15.6. The van der Waals surface area contributed by atoms with Gasteiger partial charge < -0.3 is 15.4 Å². The Kier molecular flexibility index (Phi) is 5.78. The Hall–Kier alpha value is -1.37. The highest BCUT2D eigenvalue weighted by Gasteiger charge is 2.18. The minimum absolute atomic E-state index is 0.0783. The number of rotatable bonds is 6. The van der Waals surface area contributed by atoms with Crippen LogP contribution in [0.25, 0.3) is 0 Å². The van der Waals surface area contributed by atoms with E-state index in [9.17, 15) is 4.79 Å². The minimum atomic E-state index is -0.0783. The average molecular weight is 369 g/mol. The lowest BCUT2D eigenvalue weighted by Gasteiger charge is -2.22. The van der Waals surface area contributed by atoms with Crippen LogP contribution in [0.4, 0.5) is 5.69 Å². The standard InChI is InChI=1S/C15H17BrN2O2S/c1-20-7-6-18(10-12-3-2-8-21-12)15(19)13-5-4-11(16)9-14(13)17/h2-5,8-9H,6-7,10,17H2,1H3. The first-order valence-corrected chi connectivity index (χ1v) is 8.14. The zero-order chi connectivity index (χ0) is 15.2. The van der Waals surface area contributed by atoms with Crippen LogP contribution in [0, 0.1) is 0 Å². The smallest absolute Gasteiger partial charge is 0.256 e. The molecule has 0 aliphatic rings. The van der Waals surface area contributed by atoms with Gasteiger partial charge in [-0.3, -0.25) is 4.79 Å². The molecule has 1 heterocycles. The van der Waals surface area contributed by atoms with E-state index in [0.717, 1.165) is 9.35 Å². The molecule has 2 aromatic rings. The van der Waals surface area contributed by atoms with Crippen molar-refractivity contribution in [3.05, 3.63) is 50.6 Å². The molecule has 0 unspecified atom stereocenters. The minimum Gasteiger partial charge on any atom is -0.398 e. The number of anilines is 1. The van der Waals surface area contributed by atoms with Crippen LogP contribution in [0.1, 0.15) is 15.2 Å². The molecule has 1 aromatic heterocycles. The fourth-order valence-corrected chi connectivity index (χ4v) is 3.04. The molecule has 0 aliphatic heterocycles. The summed E-state index contributed by atoms with van der Waals surface area (Å²) < 4.78 is 5.96. The van der Waals surface area contributed by atoms with E-state index in [1.165, 1.54) is 0 Å². The van der Waals surface area contributed by atoms with Crippen LogP contribution in [0.2, 0.25) is 0 Å². The maximum Gasteiger partial charge on any atom is 0.256 e. The molecule has 0 spiro atoms. The maximum absolute atomic E-state index is 12.7. The molecule has 0 saturated heterocycles. The summed E-state index contributed by atoms with van der Waals surface area (Å²) >= 11 is 4.98. The summed E-state index contributed by atoms with van der Waals surface area (Å²) in [5.74, 6) is -0.0783. The van der Waals surface area contributed by atoms with Gasteiger partial charge in [0.25, 0.3) is 5.91 Å². The summed E-state index contributed by atoms with van der Waals surface area (Å²) in [6, 6.07) is 9.31.